The predicted octanol–water partition coefficient (Wildman–Crippen LogP) is 1.75. The van der Waals surface area contributed by atoms with E-state index in [1.807, 2.05) is 12.1 Å². The van der Waals surface area contributed by atoms with Crippen LogP contribution in [0.2, 0.25) is 0 Å². The van der Waals surface area contributed by atoms with Crippen molar-refractivity contribution in [2.75, 3.05) is 20.2 Å². The number of ether oxygens (including phenoxy) is 2. The minimum atomic E-state index is 0.112. The third-order valence-electron chi connectivity index (χ3n) is 2.95. The van der Waals surface area contributed by atoms with E-state index in [1.165, 1.54) is 5.56 Å². The Morgan fingerprint density at radius 2 is 2.19 bits per heavy atom. The van der Waals surface area contributed by atoms with Gasteiger partial charge in [-0.3, -0.25) is 0 Å². The highest BCUT2D eigenvalue weighted by atomic mass is 16.5. The third-order valence-corrected chi connectivity index (χ3v) is 2.95. The molecule has 0 aliphatic carbocycles. The van der Waals surface area contributed by atoms with Crippen molar-refractivity contribution in [2.45, 2.75) is 25.6 Å². The number of nitrogens with one attached hydrogen (secondary N) is 1. The lowest BCUT2D eigenvalue weighted by molar-refractivity contribution is -0.0153. The number of rotatable bonds is 3. The van der Waals surface area contributed by atoms with Crippen molar-refractivity contribution in [3.8, 4) is 5.75 Å². The summed E-state index contributed by atoms with van der Waals surface area (Å²) < 4.78 is 11.4. The first-order valence-corrected chi connectivity index (χ1v) is 5.76. The third kappa shape index (κ3) is 2.74. The van der Waals surface area contributed by atoms with E-state index in [9.17, 15) is 0 Å². The van der Waals surface area contributed by atoms with Crippen molar-refractivity contribution in [1.82, 2.24) is 5.32 Å². The monoisotopic (exact) mass is 221 g/mol. The molecule has 2 atom stereocenters. The van der Waals surface area contributed by atoms with Crippen LogP contribution in [-0.2, 0) is 4.74 Å². The molecule has 1 saturated heterocycles. The molecule has 1 aliphatic rings. The molecule has 0 aromatic heterocycles. The topological polar surface area (TPSA) is 30.5 Å². The fraction of sp³-hybridized carbons (Fsp3) is 0.538. The van der Waals surface area contributed by atoms with Gasteiger partial charge < -0.3 is 14.8 Å². The summed E-state index contributed by atoms with van der Waals surface area (Å²) in [6.45, 7) is 3.93. The van der Waals surface area contributed by atoms with E-state index < -0.39 is 0 Å². The molecule has 1 aromatic rings. The van der Waals surface area contributed by atoms with E-state index in [1.54, 1.807) is 7.11 Å². The molecule has 1 heterocycles. The van der Waals surface area contributed by atoms with E-state index >= 15 is 0 Å². The number of aryl methyl sites for hydroxylation is 1. The van der Waals surface area contributed by atoms with Crippen molar-refractivity contribution in [3.05, 3.63) is 29.8 Å². The van der Waals surface area contributed by atoms with Crippen molar-refractivity contribution in [1.29, 1.82) is 0 Å². The first-order valence-electron chi connectivity index (χ1n) is 5.76. The Bertz CT molecular complexity index is 340. The molecular formula is C13H19NO2. The fourth-order valence-electron chi connectivity index (χ4n) is 2.06. The van der Waals surface area contributed by atoms with Crippen LogP contribution in [0.3, 0.4) is 0 Å². The predicted molar refractivity (Wildman–Crippen MR) is 63.9 cm³/mol. The summed E-state index contributed by atoms with van der Waals surface area (Å²) in [5.74, 6) is 0.927. The van der Waals surface area contributed by atoms with E-state index in [4.69, 9.17) is 9.47 Å². The van der Waals surface area contributed by atoms with Crippen molar-refractivity contribution in [2.24, 2.45) is 0 Å². The van der Waals surface area contributed by atoms with Gasteiger partial charge in [0, 0.05) is 13.7 Å². The van der Waals surface area contributed by atoms with Gasteiger partial charge in [-0.15, -0.1) is 0 Å². The maximum Gasteiger partial charge on any atom is 0.137 e. The number of hydrogen-bond acceptors (Lipinski definition) is 3. The average Bonchev–Trinajstić information content (AvgIpc) is 2.30. The van der Waals surface area contributed by atoms with Crippen LogP contribution in [0.25, 0.3) is 0 Å². The van der Waals surface area contributed by atoms with Gasteiger partial charge in [0.1, 0.15) is 11.9 Å². The Morgan fingerprint density at radius 1 is 1.31 bits per heavy atom. The molecule has 0 unspecified atom stereocenters. The first-order chi connectivity index (χ1) is 7.79. The van der Waals surface area contributed by atoms with Crippen LogP contribution in [-0.4, -0.2) is 32.4 Å². The fourth-order valence-corrected chi connectivity index (χ4v) is 2.06. The van der Waals surface area contributed by atoms with Gasteiger partial charge in [0.2, 0.25) is 0 Å². The Balaban J connectivity index is 2.02. The lowest BCUT2D eigenvalue weighted by Gasteiger charge is -2.31. The normalized spacial score (nSPS) is 25.4. The zero-order valence-electron chi connectivity index (χ0n) is 9.90. The molecule has 1 fully saturated rings. The average molecular weight is 221 g/mol. The Labute approximate surface area is 96.8 Å². The second-order valence-electron chi connectivity index (χ2n) is 4.24. The molecule has 1 N–H and O–H groups in total. The molecule has 88 valence electrons. The molecule has 2 rings (SSSR count). The maximum absolute atomic E-state index is 5.95. The van der Waals surface area contributed by atoms with Crippen LogP contribution in [0, 0.1) is 6.92 Å². The van der Waals surface area contributed by atoms with E-state index in [-0.39, 0.29) is 12.2 Å². The van der Waals surface area contributed by atoms with Crippen LogP contribution >= 0.6 is 0 Å². The van der Waals surface area contributed by atoms with Gasteiger partial charge >= 0.3 is 0 Å². The SMILES string of the molecule is CO[C@H]1CCNC[C@@H]1Oc1cccc(C)c1. The van der Waals surface area contributed by atoms with Gasteiger partial charge in [-0.25, -0.2) is 0 Å². The lowest BCUT2D eigenvalue weighted by Crippen LogP contribution is -2.48. The summed E-state index contributed by atoms with van der Waals surface area (Å²) in [4.78, 5) is 0. The second kappa shape index (κ2) is 5.32. The van der Waals surface area contributed by atoms with Crippen LogP contribution in [0.4, 0.5) is 0 Å². The van der Waals surface area contributed by atoms with Crippen molar-refractivity contribution >= 4 is 0 Å². The Kier molecular flexibility index (Phi) is 3.80. The summed E-state index contributed by atoms with van der Waals surface area (Å²) in [5.41, 5.74) is 1.22. The number of methoxy groups -OCH3 is 1. The highest BCUT2D eigenvalue weighted by molar-refractivity contribution is 5.27. The van der Waals surface area contributed by atoms with Crippen LogP contribution in [0.15, 0.2) is 24.3 Å². The summed E-state index contributed by atoms with van der Waals surface area (Å²) in [5, 5.41) is 3.33. The van der Waals surface area contributed by atoms with Gasteiger partial charge in [-0.1, -0.05) is 12.1 Å². The highest BCUT2D eigenvalue weighted by Crippen LogP contribution is 2.18. The molecule has 0 radical (unpaired) electrons. The van der Waals surface area contributed by atoms with Crippen LogP contribution < -0.4 is 10.1 Å². The molecule has 3 nitrogen and oxygen atoms in total. The summed E-state index contributed by atoms with van der Waals surface area (Å²) in [6.07, 6.45) is 1.31. The number of hydrogen-bond donors (Lipinski definition) is 1. The summed E-state index contributed by atoms with van der Waals surface area (Å²) in [6, 6.07) is 8.14. The second-order valence-corrected chi connectivity index (χ2v) is 4.24. The first kappa shape index (κ1) is 11.4. The van der Waals surface area contributed by atoms with Crippen molar-refractivity contribution < 1.29 is 9.47 Å². The Morgan fingerprint density at radius 3 is 2.94 bits per heavy atom. The summed E-state index contributed by atoms with van der Waals surface area (Å²) >= 11 is 0. The van der Waals surface area contributed by atoms with Gasteiger partial charge in [0.25, 0.3) is 0 Å². The minimum absolute atomic E-state index is 0.112. The lowest BCUT2D eigenvalue weighted by atomic mass is 10.1. The molecule has 1 aliphatic heterocycles. The quantitative estimate of drug-likeness (QED) is 0.843. The van der Waals surface area contributed by atoms with Gasteiger partial charge in [0.15, 0.2) is 0 Å². The largest absolute Gasteiger partial charge is 0.486 e. The highest BCUT2D eigenvalue weighted by Gasteiger charge is 2.26. The zero-order valence-corrected chi connectivity index (χ0v) is 9.90. The number of benzene rings is 1. The van der Waals surface area contributed by atoms with Crippen LogP contribution in [0.1, 0.15) is 12.0 Å². The number of piperidine rings is 1. The molecule has 16 heavy (non-hydrogen) atoms. The minimum Gasteiger partial charge on any atom is -0.486 e. The molecule has 0 bridgehead atoms. The molecular weight excluding hydrogens is 202 g/mol. The van der Waals surface area contributed by atoms with Gasteiger partial charge in [-0.05, 0) is 37.6 Å². The molecule has 0 spiro atoms. The van der Waals surface area contributed by atoms with Crippen LogP contribution in [0.5, 0.6) is 5.75 Å². The standard InChI is InChI=1S/C13H19NO2/c1-10-4-3-5-11(8-10)16-13-9-14-7-6-12(13)15-2/h3-5,8,12-14H,6-7,9H2,1-2H3/t12-,13-/m0/s1. The van der Waals surface area contributed by atoms with Crippen molar-refractivity contribution in [3.63, 3.8) is 0 Å². The Hall–Kier alpha value is -1.06. The summed E-state index contributed by atoms with van der Waals surface area (Å²) in [7, 11) is 1.75. The molecule has 3 heteroatoms. The zero-order chi connectivity index (χ0) is 11.4. The van der Waals surface area contributed by atoms with E-state index in [0.717, 1.165) is 25.3 Å². The molecule has 0 saturated carbocycles. The maximum atomic E-state index is 5.95. The smallest absolute Gasteiger partial charge is 0.137 e. The van der Waals surface area contributed by atoms with E-state index in [0.29, 0.717) is 0 Å². The van der Waals surface area contributed by atoms with E-state index in [2.05, 4.69) is 24.4 Å². The van der Waals surface area contributed by atoms with Gasteiger partial charge in [0.05, 0.1) is 6.10 Å². The molecule has 1 aromatic carbocycles. The molecule has 0 amide bonds. The van der Waals surface area contributed by atoms with Gasteiger partial charge in [-0.2, -0.15) is 0 Å².